The van der Waals surface area contributed by atoms with Crippen LogP contribution in [0.2, 0.25) is 0 Å². The van der Waals surface area contributed by atoms with Crippen molar-refractivity contribution >= 4 is 58.2 Å². The monoisotopic (exact) mass is 673 g/mol. The number of thioether (sulfide) groups is 1. The molecule has 1 saturated heterocycles. The van der Waals surface area contributed by atoms with E-state index in [0.717, 1.165) is 28.7 Å². The van der Waals surface area contributed by atoms with Gasteiger partial charge in [-0.1, -0.05) is 46.9 Å². The summed E-state index contributed by atoms with van der Waals surface area (Å²) in [5.74, 6) is -2.24. The number of aromatic nitrogens is 1. The fourth-order valence-electron chi connectivity index (χ4n) is 5.86. The normalized spacial score (nSPS) is 18.4. The second kappa shape index (κ2) is 13.1. The number of ether oxygens (including phenoxy) is 3. The number of carbonyl (C=O) groups is 4. The number of hydrogen-bond donors (Lipinski definition) is 1. The second-order valence-corrected chi connectivity index (χ2v) is 13.1. The van der Waals surface area contributed by atoms with E-state index in [1.165, 1.54) is 23.7 Å². The summed E-state index contributed by atoms with van der Waals surface area (Å²) in [5.41, 5.74) is 2.91. The Labute approximate surface area is 278 Å². The molecule has 3 heterocycles. The van der Waals surface area contributed by atoms with Gasteiger partial charge in [0.25, 0.3) is 0 Å². The number of nitrogens with zero attached hydrogens (tertiary/aromatic N) is 2. The van der Waals surface area contributed by atoms with Crippen LogP contribution in [0.25, 0.3) is 0 Å². The average Bonchev–Trinajstić information content (AvgIpc) is 3.51. The lowest BCUT2D eigenvalue weighted by atomic mass is 9.83. The van der Waals surface area contributed by atoms with Crippen molar-refractivity contribution < 1.29 is 33.4 Å². The highest BCUT2D eigenvalue weighted by Gasteiger charge is 2.57. The Bertz CT molecular complexity index is 1930. The molecule has 0 radical (unpaired) electrons. The highest BCUT2D eigenvalue weighted by Crippen LogP contribution is 2.54. The number of rotatable bonds is 9. The number of imide groups is 1. The Morgan fingerprint density at radius 1 is 0.894 bits per heavy atom. The highest BCUT2D eigenvalue weighted by atomic mass is 32.2. The number of anilines is 2. The van der Waals surface area contributed by atoms with Crippen LogP contribution in [-0.2, 0) is 25.7 Å². The van der Waals surface area contributed by atoms with E-state index in [4.69, 9.17) is 14.2 Å². The van der Waals surface area contributed by atoms with Crippen LogP contribution in [-0.4, -0.2) is 54.3 Å². The van der Waals surface area contributed by atoms with E-state index < -0.39 is 33.8 Å². The third-order valence-electron chi connectivity index (χ3n) is 8.09. The standard InChI is InChI=1S/C34H31N3O8S2/c1-5-45-33(41)19-8-11-21(12-9-19)35-25(38)17-36-32-29(47-34(36)42)26(20-10-15-23(43-3)24(16-20)44-4)27-28(46-32)31(40)37(30(27)39)22-13-6-18(2)7-14-22/h6-16,26-28H,5,17H2,1-4H3,(H,35,38)/t26-,27?,28?/m0/s1. The highest BCUT2D eigenvalue weighted by molar-refractivity contribution is 8.00. The van der Waals surface area contributed by atoms with Gasteiger partial charge in [-0.2, -0.15) is 0 Å². The van der Waals surface area contributed by atoms with Crippen molar-refractivity contribution in [2.24, 2.45) is 5.92 Å². The van der Waals surface area contributed by atoms with Gasteiger partial charge < -0.3 is 19.5 Å². The summed E-state index contributed by atoms with van der Waals surface area (Å²) >= 11 is 2.09. The van der Waals surface area contributed by atoms with E-state index in [1.807, 2.05) is 19.1 Å². The van der Waals surface area contributed by atoms with Crippen molar-refractivity contribution in [1.29, 1.82) is 0 Å². The van der Waals surface area contributed by atoms with E-state index in [2.05, 4.69) is 5.32 Å². The van der Waals surface area contributed by atoms with Gasteiger partial charge in [-0.05, 0) is 67.9 Å². The molecule has 6 rings (SSSR count). The largest absolute Gasteiger partial charge is 0.493 e. The van der Waals surface area contributed by atoms with Gasteiger partial charge in [0.05, 0.1) is 43.0 Å². The Morgan fingerprint density at radius 2 is 1.60 bits per heavy atom. The van der Waals surface area contributed by atoms with Crippen molar-refractivity contribution in [1.82, 2.24) is 4.57 Å². The summed E-state index contributed by atoms with van der Waals surface area (Å²) in [7, 11) is 3.03. The molecule has 2 aliphatic rings. The summed E-state index contributed by atoms with van der Waals surface area (Å²) in [4.78, 5) is 68.3. The summed E-state index contributed by atoms with van der Waals surface area (Å²) in [5, 5.41) is 2.38. The molecule has 47 heavy (non-hydrogen) atoms. The van der Waals surface area contributed by atoms with Gasteiger partial charge >= 0.3 is 10.8 Å². The number of amides is 3. The Kier molecular flexibility index (Phi) is 8.93. The van der Waals surface area contributed by atoms with Gasteiger partial charge in [0, 0.05) is 16.5 Å². The van der Waals surface area contributed by atoms with Crippen LogP contribution in [0.15, 0.2) is 76.6 Å². The SMILES string of the molecule is CCOC(=O)c1ccc(NC(=O)Cn2c3c(sc2=O)[C@@H](c2ccc(OC)c(OC)c2)C2C(=O)N(c4ccc(C)cc4)C(=O)C2S3)cc1. The second-order valence-electron chi connectivity index (χ2n) is 11.0. The maximum absolute atomic E-state index is 14.1. The van der Waals surface area contributed by atoms with Gasteiger partial charge in [0.2, 0.25) is 17.7 Å². The first kappa shape index (κ1) is 32.1. The zero-order valence-corrected chi connectivity index (χ0v) is 27.6. The predicted molar refractivity (Wildman–Crippen MR) is 178 cm³/mol. The number of hydrogen-bond acceptors (Lipinski definition) is 10. The van der Waals surface area contributed by atoms with Crippen LogP contribution in [0.5, 0.6) is 11.5 Å². The lowest BCUT2D eigenvalue weighted by molar-refractivity contribution is -0.122. The Balaban J connectivity index is 1.37. The van der Waals surface area contributed by atoms with Crippen LogP contribution < -0.4 is 24.6 Å². The summed E-state index contributed by atoms with van der Waals surface area (Å²) in [6.07, 6.45) is 0. The molecule has 2 aliphatic heterocycles. The van der Waals surface area contributed by atoms with Gasteiger partial charge in [-0.15, -0.1) is 0 Å². The van der Waals surface area contributed by atoms with Crippen LogP contribution in [0.1, 0.15) is 39.2 Å². The van der Waals surface area contributed by atoms with E-state index >= 15 is 0 Å². The van der Waals surface area contributed by atoms with Crippen molar-refractivity contribution in [3.05, 3.63) is 98.0 Å². The number of methoxy groups -OCH3 is 2. The number of esters is 1. The van der Waals surface area contributed by atoms with Gasteiger partial charge in [-0.25, -0.2) is 9.69 Å². The topological polar surface area (TPSA) is 133 Å². The van der Waals surface area contributed by atoms with Gasteiger partial charge in [0.1, 0.15) is 11.8 Å². The van der Waals surface area contributed by atoms with E-state index in [1.54, 1.807) is 61.5 Å². The molecule has 1 fully saturated rings. The Hall–Kier alpha value is -4.88. The molecule has 4 aromatic rings. The van der Waals surface area contributed by atoms with E-state index in [0.29, 0.717) is 43.9 Å². The fourth-order valence-corrected chi connectivity index (χ4v) is 8.63. The molecule has 2 unspecified atom stereocenters. The lowest BCUT2D eigenvalue weighted by Crippen LogP contribution is -2.33. The maximum Gasteiger partial charge on any atom is 0.338 e. The number of fused-ring (bicyclic) bond motifs is 2. The number of benzene rings is 3. The zero-order chi connectivity index (χ0) is 33.4. The molecule has 13 heteroatoms. The smallest absolute Gasteiger partial charge is 0.338 e. The van der Waals surface area contributed by atoms with Gasteiger partial charge in [0.15, 0.2) is 11.5 Å². The molecule has 0 saturated carbocycles. The first-order valence-corrected chi connectivity index (χ1v) is 16.5. The molecular formula is C34H31N3O8S2. The van der Waals surface area contributed by atoms with Crippen LogP contribution in [0.3, 0.4) is 0 Å². The maximum atomic E-state index is 14.1. The molecule has 242 valence electrons. The van der Waals surface area contributed by atoms with Crippen molar-refractivity contribution in [2.75, 3.05) is 31.0 Å². The molecule has 11 nitrogen and oxygen atoms in total. The minimum Gasteiger partial charge on any atom is -0.493 e. The van der Waals surface area contributed by atoms with Crippen molar-refractivity contribution in [3.8, 4) is 11.5 Å². The van der Waals surface area contributed by atoms with Crippen LogP contribution in [0.4, 0.5) is 11.4 Å². The zero-order valence-electron chi connectivity index (χ0n) is 26.0. The van der Waals surface area contributed by atoms with Gasteiger partial charge in [-0.3, -0.25) is 23.7 Å². The van der Waals surface area contributed by atoms with E-state index in [-0.39, 0.29) is 25.0 Å². The van der Waals surface area contributed by atoms with Crippen molar-refractivity contribution in [3.63, 3.8) is 0 Å². The first-order valence-electron chi connectivity index (χ1n) is 14.8. The number of aryl methyl sites for hydroxylation is 1. The molecule has 0 bridgehead atoms. The molecular weight excluding hydrogens is 643 g/mol. The third kappa shape index (κ3) is 5.92. The molecule has 3 amide bonds. The quantitative estimate of drug-likeness (QED) is 0.196. The molecule has 3 atom stereocenters. The Morgan fingerprint density at radius 3 is 2.26 bits per heavy atom. The number of carbonyl (C=O) groups excluding carboxylic acids is 4. The summed E-state index contributed by atoms with van der Waals surface area (Å²) in [6.45, 7) is 3.56. The molecule has 0 aliphatic carbocycles. The average molecular weight is 674 g/mol. The first-order chi connectivity index (χ1) is 22.6. The molecule has 1 aromatic heterocycles. The predicted octanol–water partition coefficient (Wildman–Crippen LogP) is 4.85. The van der Waals surface area contributed by atoms with Crippen molar-refractivity contribution in [2.45, 2.75) is 36.6 Å². The minimum atomic E-state index is -0.840. The number of nitrogens with one attached hydrogen (secondary N) is 1. The number of thiazole rings is 1. The third-order valence-corrected chi connectivity index (χ3v) is 10.7. The summed E-state index contributed by atoms with van der Waals surface area (Å²) in [6, 6.07) is 18.7. The summed E-state index contributed by atoms with van der Waals surface area (Å²) < 4.78 is 17.3. The van der Waals surface area contributed by atoms with Crippen LogP contribution >= 0.6 is 23.1 Å². The molecule has 3 aromatic carbocycles. The lowest BCUT2D eigenvalue weighted by Gasteiger charge is -2.31. The minimum absolute atomic E-state index is 0.243. The fraction of sp³-hybridized carbons (Fsp3) is 0.265. The molecule has 1 N–H and O–H groups in total. The molecule has 0 spiro atoms. The van der Waals surface area contributed by atoms with Crippen LogP contribution in [0, 0.1) is 12.8 Å². The van der Waals surface area contributed by atoms with E-state index in [9.17, 15) is 24.0 Å².